The second-order valence-corrected chi connectivity index (χ2v) is 7.35. The van der Waals surface area contributed by atoms with Gasteiger partial charge in [-0.15, -0.1) is 0 Å². The van der Waals surface area contributed by atoms with Gasteiger partial charge >= 0.3 is 0 Å². The van der Waals surface area contributed by atoms with Gasteiger partial charge in [0.2, 0.25) is 0 Å². The van der Waals surface area contributed by atoms with Gasteiger partial charge in [0.15, 0.2) is 11.5 Å². The van der Waals surface area contributed by atoms with E-state index in [1.54, 1.807) is 0 Å². The first-order valence-corrected chi connectivity index (χ1v) is 10.3. The maximum atomic E-state index is 5.85. The third-order valence-electron chi connectivity index (χ3n) is 4.18. The van der Waals surface area contributed by atoms with Gasteiger partial charge in [0.1, 0.15) is 0 Å². The lowest BCUT2D eigenvalue weighted by Crippen LogP contribution is -2.26. The fourth-order valence-electron chi connectivity index (χ4n) is 2.75. The van der Waals surface area contributed by atoms with Crippen molar-refractivity contribution in [3.05, 3.63) is 58.1 Å². The Balaban J connectivity index is 1.93. The Hall–Kier alpha value is -1.52. The maximum Gasteiger partial charge on any atom is 0.175 e. The van der Waals surface area contributed by atoms with E-state index in [1.165, 1.54) is 11.1 Å². The molecule has 0 aliphatic rings. The zero-order chi connectivity index (χ0) is 18.8. The van der Waals surface area contributed by atoms with E-state index in [1.807, 2.05) is 6.92 Å². The molecule has 26 heavy (non-hydrogen) atoms. The lowest BCUT2D eigenvalue weighted by molar-refractivity contribution is 0.275. The van der Waals surface area contributed by atoms with Gasteiger partial charge in [0, 0.05) is 12.6 Å². The lowest BCUT2D eigenvalue weighted by Gasteiger charge is -2.17. The van der Waals surface area contributed by atoms with Gasteiger partial charge in [0.05, 0.1) is 17.7 Å². The number of hydrogen-bond acceptors (Lipinski definition) is 3. The standard InChI is InChI=1S/C22H30BrNO2/c1-4-13-26-22-20(23)14-19(15-21(22)25-5-2)16-24-17(3)11-12-18-9-7-6-8-10-18/h6-10,14-15,17,24H,4-5,11-13,16H2,1-3H3/t17-/m1/s1. The van der Waals surface area contributed by atoms with Crippen molar-refractivity contribution in [2.75, 3.05) is 13.2 Å². The molecule has 0 bridgehead atoms. The first-order chi connectivity index (χ1) is 12.6. The molecule has 0 radical (unpaired) electrons. The molecule has 2 aromatic carbocycles. The van der Waals surface area contributed by atoms with Crippen molar-refractivity contribution in [2.45, 2.75) is 52.6 Å². The Morgan fingerprint density at radius 2 is 1.81 bits per heavy atom. The van der Waals surface area contributed by atoms with Crippen LogP contribution in [0, 0.1) is 0 Å². The lowest BCUT2D eigenvalue weighted by atomic mass is 10.1. The average Bonchev–Trinajstić information content (AvgIpc) is 2.65. The van der Waals surface area contributed by atoms with Crippen molar-refractivity contribution in [2.24, 2.45) is 0 Å². The summed E-state index contributed by atoms with van der Waals surface area (Å²) in [5.74, 6) is 1.61. The Bertz CT molecular complexity index is 661. The number of rotatable bonds is 11. The fraction of sp³-hybridized carbons (Fsp3) is 0.455. The minimum atomic E-state index is 0.445. The van der Waals surface area contributed by atoms with Crippen LogP contribution in [0.25, 0.3) is 0 Å². The van der Waals surface area contributed by atoms with Crippen molar-refractivity contribution in [1.82, 2.24) is 5.32 Å². The second-order valence-electron chi connectivity index (χ2n) is 6.49. The van der Waals surface area contributed by atoms with E-state index in [2.05, 4.69) is 77.6 Å². The SMILES string of the molecule is CCCOc1c(Br)cc(CN[C@H](C)CCc2ccccc2)cc1OCC. The molecule has 0 unspecified atom stereocenters. The van der Waals surface area contributed by atoms with Gasteiger partial charge in [-0.1, -0.05) is 37.3 Å². The Kier molecular flexibility index (Phi) is 8.99. The molecule has 0 spiro atoms. The molecule has 0 heterocycles. The van der Waals surface area contributed by atoms with Crippen LogP contribution < -0.4 is 14.8 Å². The second kappa shape index (κ2) is 11.2. The fourth-order valence-corrected chi connectivity index (χ4v) is 3.36. The molecule has 142 valence electrons. The summed E-state index contributed by atoms with van der Waals surface area (Å²) in [4.78, 5) is 0. The third kappa shape index (κ3) is 6.65. The minimum absolute atomic E-state index is 0.445. The summed E-state index contributed by atoms with van der Waals surface area (Å²) in [7, 11) is 0. The summed E-state index contributed by atoms with van der Waals surface area (Å²) in [5, 5.41) is 3.61. The van der Waals surface area contributed by atoms with Crippen LogP contribution >= 0.6 is 15.9 Å². The Morgan fingerprint density at radius 3 is 2.50 bits per heavy atom. The highest BCUT2D eigenvalue weighted by Crippen LogP contribution is 2.37. The van der Waals surface area contributed by atoms with E-state index in [9.17, 15) is 0 Å². The van der Waals surface area contributed by atoms with Crippen LogP contribution in [0.5, 0.6) is 11.5 Å². The van der Waals surface area contributed by atoms with Crippen LogP contribution in [0.4, 0.5) is 0 Å². The molecule has 0 amide bonds. The van der Waals surface area contributed by atoms with Gasteiger partial charge in [-0.3, -0.25) is 0 Å². The van der Waals surface area contributed by atoms with E-state index < -0.39 is 0 Å². The molecule has 1 N–H and O–H groups in total. The zero-order valence-corrected chi connectivity index (χ0v) is 17.6. The highest BCUT2D eigenvalue weighted by Gasteiger charge is 2.13. The van der Waals surface area contributed by atoms with Gasteiger partial charge in [-0.2, -0.15) is 0 Å². The van der Waals surface area contributed by atoms with E-state index >= 15 is 0 Å². The van der Waals surface area contributed by atoms with Crippen LogP contribution in [-0.2, 0) is 13.0 Å². The van der Waals surface area contributed by atoms with Crippen LogP contribution in [-0.4, -0.2) is 19.3 Å². The van der Waals surface area contributed by atoms with Crippen molar-refractivity contribution in [3.8, 4) is 11.5 Å². The highest BCUT2D eigenvalue weighted by atomic mass is 79.9. The van der Waals surface area contributed by atoms with Crippen molar-refractivity contribution < 1.29 is 9.47 Å². The summed E-state index contributed by atoms with van der Waals surface area (Å²) < 4.78 is 12.6. The Labute approximate surface area is 166 Å². The number of hydrogen-bond donors (Lipinski definition) is 1. The number of aryl methyl sites for hydroxylation is 1. The summed E-state index contributed by atoms with van der Waals surface area (Å²) in [6.07, 6.45) is 3.17. The molecule has 2 aromatic rings. The van der Waals surface area contributed by atoms with Gasteiger partial charge in [-0.05, 0) is 72.3 Å². The van der Waals surface area contributed by atoms with Crippen molar-refractivity contribution >= 4 is 15.9 Å². The molecule has 0 aliphatic heterocycles. The molecular formula is C22H30BrNO2. The predicted octanol–water partition coefficient (Wildman–Crippen LogP) is 5.75. The molecule has 0 aromatic heterocycles. The normalized spacial score (nSPS) is 12.0. The number of halogens is 1. The Morgan fingerprint density at radius 1 is 1.04 bits per heavy atom. The van der Waals surface area contributed by atoms with E-state index in [0.717, 1.165) is 41.8 Å². The molecule has 0 fully saturated rings. The van der Waals surface area contributed by atoms with Crippen molar-refractivity contribution in [1.29, 1.82) is 0 Å². The van der Waals surface area contributed by atoms with E-state index in [0.29, 0.717) is 19.3 Å². The van der Waals surface area contributed by atoms with Crippen LogP contribution in [0.3, 0.4) is 0 Å². The van der Waals surface area contributed by atoms with E-state index in [-0.39, 0.29) is 0 Å². The molecule has 3 nitrogen and oxygen atoms in total. The molecule has 2 rings (SSSR count). The zero-order valence-electron chi connectivity index (χ0n) is 16.1. The predicted molar refractivity (Wildman–Crippen MR) is 112 cm³/mol. The largest absolute Gasteiger partial charge is 0.490 e. The quantitative estimate of drug-likeness (QED) is 0.502. The topological polar surface area (TPSA) is 30.5 Å². The maximum absolute atomic E-state index is 5.85. The molecular weight excluding hydrogens is 390 g/mol. The first-order valence-electron chi connectivity index (χ1n) is 9.49. The number of ether oxygens (including phenoxy) is 2. The van der Waals surface area contributed by atoms with Crippen LogP contribution in [0.2, 0.25) is 0 Å². The van der Waals surface area contributed by atoms with Gasteiger partial charge in [-0.25, -0.2) is 0 Å². The third-order valence-corrected chi connectivity index (χ3v) is 4.77. The van der Waals surface area contributed by atoms with Crippen molar-refractivity contribution in [3.63, 3.8) is 0 Å². The van der Waals surface area contributed by atoms with E-state index in [4.69, 9.17) is 9.47 Å². The average molecular weight is 420 g/mol. The monoisotopic (exact) mass is 419 g/mol. The molecule has 0 saturated carbocycles. The molecule has 0 saturated heterocycles. The molecule has 4 heteroatoms. The summed E-state index contributed by atoms with van der Waals surface area (Å²) >= 11 is 3.63. The number of nitrogens with one attached hydrogen (secondary N) is 1. The summed E-state index contributed by atoms with van der Waals surface area (Å²) in [5.41, 5.74) is 2.58. The van der Waals surface area contributed by atoms with Crippen LogP contribution in [0.15, 0.2) is 46.9 Å². The molecule has 0 aliphatic carbocycles. The summed E-state index contributed by atoms with van der Waals surface area (Å²) in [6.45, 7) is 8.45. The smallest absolute Gasteiger partial charge is 0.175 e. The number of benzene rings is 2. The molecule has 1 atom stereocenters. The van der Waals surface area contributed by atoms with Gasteiger partial charge in [0.25, 0.3) is 0 Å². The highest BCUT2D eigenvalue weighted by molar-refractivity contribution is 9.10. The first kappa shape index (κ1) is 20.8. The summed E-state index contributed by atoms with van der Waals surface area (Å²) in [6, 6.07) is 15.3. The van der Waals surface area contributed by atoms with Crippen LogP contribution in [0.1, 0.15) is 44.7 Å². The minimum Gasteiger partial charge on any atom is -0.490 e. The van der Waals surface area contributed by atoms with Gasteiger partial charge < -0.3 is 14.8 Å².